The van der Waals surface area contributed by atoms with E-state index in [4.69, 9.17) is 4.74 Å². The lowest BCUT2D eigenvalue weighted by atomic mass is 9.91. The molecule has 0 aromatic heterocycles. The Hall–Kier alpha value is -3.40. The van der Waals surface area contributed by atoms with Crippen LogP contribution in [0.3, 0.4) is 0 Å². The van der Waals surface area contributed by atoms with Crippen molar-refractivity contribution >= 4 is 11.6 Å². The van der Waals surface area contributed by atoms with Gasteiger partial charge in [0.25, 0.3) is 5.91 Å². The van der Waals surface area contributed by atoms with Gasteiger partial charge in [-0.1, -0.05) is 60.7 Å². The molecule has 0 aliphatic rings. The quantitative estimate of drug-likeness (QED) is 0.525. The number of hydrazone groups is 1. The van der Waals surface area contributed by atoms with Crippen molar-refractivity contribution < 1.29 is 9.53 Å². The number of benzene rings is 3. The molecular formula is C23H22N2O2. The Morgan fingerprint density at radius 3 is 1.85 bits per heavy atom. The summed E-state index contributed by atoms with van der Waals surface area (Å²) in [5, 5.41) is 4.30. The van der Waals surface area contributed by atoms with Gasteiger partial charge < -0.3 is 4.74 Å². The maximum absolute atomic E-state index is 12.9. The molecular weight excluding hydrogens is 336 g/mol. The van der Waals surface area contributed by atoms with E-state index in [0.717, 1.165) is 28.2 Å². The summed E-state index contributed by atoms with van der Waals surface area (Å²) in [5.74, 6) is 0.198. The predicted molar refractivity (Wildman–Crippen MR) is 108 cm³/mol. The van der Waals surface area contributed by atoms with Gasteiger partial charge in [-0.2, -0.15) is 5.10 Å². The molecule has 0 atom stereocenters. The van der Waals surface area contributed by atoms with Crippen molar-refractivity contribution in [1.29, 1.82) is 0 Å². The number of methoxy groups -OCH3 is 1. The first-order valence-corrected chi connectivity index (χ1v) is 8.77. The molecule has 136 valence electrons. The van der Waals surface area contributed by atoms with Gasteiger partial charge in [-0.15, -0.1) is 0 Å². The minimum absolute atomic E-state index is 0.166. The van der Waals surface area contributed by atoms with E-state index in [1.807, 2.05) is 91.9 Å². The molecule has 3 aromatic carbocycles. The topological polar surface area (TPSA) is 50.7 Å². The number of nitrogens with one attached hydrogen (secondary N) is 1. The lowest BCUT2D eigenvalue weighted by Gasteiger charge is -2.16. The van der Waals surface area contributed by atoms with E-state index in [2.05, 4.69) is 10.5 Å². The molecule has 4 heteroatoms. The van der Waals surface area contributed by atoms with Crippen molar-refractivity contribution in [1.82, 2.24) is 5.43 Å². The average Bonchev–Trinajstić information content (AvgIpc) is 2.74. The molecule has 0 saturated carbocycles. The first-order chi connectivity index (χ1) is 13.2. The van der Waals surface area contributed by atoms with Gasteiger partial charge in [0.1, 0.15) is 5.75 Å². The number of rotatable bonds is 6. The molecule has 0 saturated heterocycles. The van der Waals surface area contributed by atoms with Crippen LogP contribution in [0.4, 0.5) is 0 Å². The highest BCUT2D eigenvalue weighted by Gasteiger charge is 2.22. The Bertz CT molecular complexity index is 865. The Morgan fingerprint density at radius 1 is 0.852 bits per heavy atom. The number of ether oxygens (including phenoxy) is 1. The van der Waals surface area contributed by atoms with Gasteiger partial charge in [0.2, 0.25) is 0 Å². The van der Waals surface area contributed by atoms with Crippen LogP contribution in [0.15, 0.2) is 90.0 Å². The molecule has 0 bridgehead atoms. The molecule has 3 aromatic rings. The minimum atomic E-state index is -0.417. The summed E-state index contributed by atoms with van der Waals surface area (Å²) in [4.78, 5) is 12.9. The summed E-state index contributed by atoms with van der Waals surface area (Å²) in [6.07, 6.45) is 0. The first kappa shape index (κ1) is 18.4. The Morgan fingerprint density at radius 2 is 1.37 bits per heavy atom. The monoisotopic (exact) mass is 358 g/mol. The first-order valence-electron chi connectivity index (χ1n) is 8.77. The lowest BCUT2D eigenvalue weighted by Crippen LogP contribution is -2.27. The summed E-state index contributed by atoms with van der Waals surface area (Å²) in [5.41, 5.74) is 6.23. The average molecular weight is 358 g/mol. The zero-order chi connectivity index (χ0) is 19.1. The van der Waals surface area contributed by atoms with Gasteiger partial charge >= 0.3 is 0 Å². The second kappa shape index (κ2) is 8.81. The van der Waals surface area contributed by atoms with E-state index in [1.165, 1.54) is 0 Å². The maximum atomic E-state index is 12.9. The minimum Gasteiger partial charge on any atom is -0.497 e. The van der Waals surface area contributed by atoms with E-state index in [0.29, 0.717) is 0 Å². The van der Waals surface area contributed by atoms with Crippen molar-refractivity contribution in [3.8, 4) is 5.75 Å². The molecule has 27 heavy (non-hydrogen) atoms. The van der Waals surface area contributed by atoms with Crippen molar-refractivity contribution in [2.24, 2.45) is 5.10 Å². The highest BCUT2D eigenvalue weighted by atomic mass is 16.5. The SMILES string of the molecule is COc1ccc(/C(C)=N\NC(=O)C(c2ccccc2)c2ccccc2)cc1. The second-order valence-electron chi connectivity index (χ2n) is 6.16. The third-order valence-corrected chi connectivity index (χ3v) is 4.37. The maximum Gasteiger partial charge on any atom is 0.252 e. The van der Waals surface area contributed by atoms with Crippen molar-refractivity contribution in [2.45, 2.75) is 12.8 Å². The van der Waals surface area contributed by atoms with Crippen LogP contribution >= 0.6 is 0 Å². The summed E-state index contributed by atoms with van der Waals surface area (Å²) < 4.78 is 5.17. The van der Waals surface area contributed by atoms with Crippen LogP contribution in [-0.4, -0.2) is 18.7 Å². The molecule has 0 unspecified atom stereocenters. The van der Waals surface area contributed by atoms with Crippen LogP contribution in [0.5, 0.6) is 5.75 Å². The highest BCUT2D eigenvalue weighted by molar-refractivity contribution is 5.99. The summed E-state index contributed by atoms with van der Waals surface area (Å²) in [6.45, 7) is 1.86. The van der Waals surface area contributed by atoms with Crippen LogP contribution in [0.2, 0.25) is 0 Å². The zero-order valence-corrected chi connectivity index (χ0v) is 15.4. The highest BCUT2D eigenvalue weighted by Crippen LogP contribution is 2.24. The van der Waals surface area contributed by atoms with Gasteiger partial charge in [0, 0.05) is 0 Å². The predicted octanol–water partition coefficient (Wildman–Crippen LogP) is 4.37. The molecule has 0 heterocycles. The zero-order valence-electron chi connectivity index (χ0n) is 15.4. The summed E-state index contributed by atoms with van der Waals surface area (Å²) >= 11 is 0. The third-order valence-electron chi connectivity index (χ3n) is 4.37. The van der Waals surface area contributed by atoms with Crippen LogP contribution in [0, 0.1) is 0 Å². The fourth-order valence-corrected chi connectivity index (χ4v) is 2.89. The van der Waals surface area contributed by atoms with Crippen LogP contribution in [0.1, 0.15) is 29.5 Å². The molecule has 3 rings (SSSR count). The van der Waals surface area contributed by atoms with E-state index in [-0.39, 0.29) is 5.91 Å². The molecule has 1 amide bonds. The number of carbonyl (C=O) groups excluding carboxylic acids is 1. The smallest absolute Gasteiger partial charge is 0.252 e. The fraction of sp³-hybridized carbons (Fsp3) is 0.130. The standard InChI is InChI=1S/C23H22N2O2/c1-17(18-13-15-21(27-2)16-14-18)24-25-23(26)22(19-9-5-3-6-10-19)20-11-7-4-8-12-20/h3-16,22H,1-2H3,(H,25,26)/b24-17-. The Labute approximate surface area is 159 Å². The van der Waals surface area contributed by atoms with E-state index in [1.54, 1.807) is 7.11 Å². The molecule has 1 N–H and O–H groups in total. The van der Waals surface area contributed by atoms with Gasteiger partial charge in [0.05, 0.1) is 18.7 Å². The largest absolute Gasteiger partial charge is 0.497 e. The fourth-order valence-electron chi connectivity index (χ4n) is 2.89. The Kier molecular flexibility index (Phi) is 6.00. The van der Waals surface area contributed by atoms with Crippen LogP contribution < -0.4 is 10.2 Å². The Balaban J connectivity index is 1.82. The number of hydrogen-bond acceptors (Lipinski definition) is 3. The van der Waals surface area contributed by atoms with Crippen molar-refractivity contribution in [2.75, 3.05) is 7.11 Å². The summed E-state index contributed by atoms with van der Waals surface area (Å²) in [7, 11) is 1.63. The lowest BCUT2D eigenvalue weighted by molar-refractivity contribution is -0.121. The van der Waals surface area contributed by atoms with Gasteiger partial charge in [-0.25, -0.2) is 5.43 Å². The normalized spacial score (nSPS) is 11.3. The molecule has 0 aliphatic carbocycles. The number of carbonyl (C=O) groups is 1. The number of nitrogens with zero attached hydrogens (tertiary/aromatic N) is 1. The number of hydrogen-bond donors (Lipinski definition) is 1. The van der Waals surface area contributed by atoms with E-state index < -0.39 is 5.92 Å². The van der Waals surface area contributed by atoms with Crippen molar-refractivity contribution in [3.63, 3.8) is 0 Å². The third kappa shape index (κ3) is 4.61. The molecule has 0 fully saturated rings. The van der Waals surface area contributed by atoms with Gasteiger partial charge in [0.15, 0.2) is 0 Å². The molecule has 0 spiro atoms. The van der Waals surface area contributed by atoms with Crippen LogP contribution in [-0.2, 0) is 4.79 Å². The number of amides is 1. The van der Waals surface area contributed by atoms with Crippen LogP contribution in [0.25, 0.3) is 0 Å². The van der Waals surface area contributed by atoms with Gasteiger partial charge in [-0.3, -0.25) is 4.79 Å². The van der Waals surface area contributed by atoms with E-state index in [9.17, 15) is 4.79 Å². The summed E-state index contributed by atoms with van der Waals surface area (Å²) in [6, 6.07) is 27.0. The van der Waals surface area contributed by atoms with Gasteiger partial charge in [-0.05, 0) is 47.9 Å². The second-order valence-corrected chi connectivity index (χ2v) is 6.16. The molecule has 0 aliphatic heterocycles. The molecule has 0 radical (unpaired) electrons. The van der Waals surface area contributed by atoms with Crippen molar-refractivity contribution in [3.05, 3.63) is 102 Å². The van der Waals surface area contributed by atoms with E-state index >= 15 is 0 Å². The molecule has 4 nitrogen and oxygen atoms in total.